The van der Waals surface area contributed by atoms with Gasteiger partial charge >= 0.3 is 0 Å². The average Bonchev–Trinajstić information content (AvgIpc) is 2.66. The van der Waals surface area contributed by atoms with E-state index in [1.54, 1.807) is 11.7 Å². The number of benzene rings is 1. The van der Waals surface area contributed by atoms with Crippen LogP contribution in [0.4, 0.5) is 4.39 Å². The molecule has 4 nitrogen and oxygen atoms in total. The molecule has 0 aliphatic rings. The van der Waals surface area contributed by atoms with Gasteiger partial charge in [-0.15, -0.1) is 0 Å². The Morgan fingerprint density at radius 1 is 1.50 bits per heavy atom. The van der Waals surface area contributed by atoms with Crippen molar-refractivity contribution in [2.24, 2.45) is 7.05 Å². The van der Waals surface area contributed by atoms with E-state index in [2.05, 4.69) is 21.0 Å². The average molecular weight is 341 g/mol. The maximum absolute atomic E-state index is 13.3. The molecule has 0 radical (unpaired) electrons. The monoisotopic (exact) mass is 340 g/mol. The molecule has 0 N–H and O–H groups in total. The van der Waals surface area contributed by atoms with Crippen molar-refractivity contribution < 1.29 is 13.9 Å². The molecule has 0 fully saturated rings. The lowest BCUT2D eigenvalue weighted by Gasteiger charge is -2.06. The first-order valence-corrected chi connectivity index (χ1v) is 6.78. The SMILES string of the molecule is COc1cc(C(=O)Cc2c(Br)c(C)nn2C)ccc1F. The largest absolute Gasteiger partial charge is 0.494 e. The van der Waals surface area contributed by atoms with Crippen LogP contribution in [0.3, 0.4) is 0 Å². The van der Waals surface area contributed by atoms with Crippen molar-refractivity contribution in [3.8, 4) is 5.75 Å². The standard InChI is InChI=1S/C14H14BrFN2O2/c1-8-14(15)11(18(2)17-8)7-12(19)9-4-5-10(16)13(6-9)20-3/h4-6H,7H2,1-3H3. The molecule has 1 heterocycles. The van der Waals surface area contributed by atoms with E-state index in [-0.39, 0.29) is 18.0 Å². The molecule has 1 aromatic carbocycles. The second-order valence-electron chi connectivity index (χ2n) is 4.42. The molecule has 0 aliphatic carbocycles. The highest BCUT2D eigenvalue weighted by Gasteiger charge is 2.17. The zero-order valence-corrected chi connectivity index (χ0v) is 13.0. The van der Waals surface area contributed by atoms with E-state index in [1.165, 1.54) is 25.3 Å². The molecule has 0 aliphatic heterocycles. The fourth-order valence-electron chi connectivity index (χ4n) is 1.96. The van der Waals surface area contributed by atoms with Crippen LogP contribution in [0.15, 0.2) is 22.7 Å². The van der Waals surface area contributed by atoms with E-state index < -0.39 is 5.82 Å². The number of ether oxygens (including phenoxy) is 1. The fraction of sp³-hybridized carbons (Fsp3) is 0.286. The molecular formula is C14H14BrFN2O2. The zero-order valence-electron chi connectivity index (χ0n) is 11.4. The maximum Gasteiger partial charge on any atom is 0.168 e. The number of hydrogen-bond donors (Lipinski definition) is 0. The van der Waals surface area contributed by atoms with Crippen molar-refractivity contribution in [2.75, 3.05) is 7.11 Å². The Hall–Kier alpha value is -1.69. The molecule has 2 rings (SSSR count). The fourth-order valence-corrected chi connectivity index (χ4v) is 2.44. The van der Waals surface area contributed by atoms with Crippen LogP contribution in [-0.4, -0.2) is 22.7 Å². The van der Waals surface area contributed by atoms with Crippen molar-refractivity contribution in [1.82, 2.24) is 9.78 Å². The van der Waals surface area contributed by atoms with Crippen LogP contribution in [0.2, 0.25) is 0 Å². The van der Waals surface area contributed by atoms with Gasteiger partial charge in [-0.2, -0.15) is 5.10 Å². The third-order valence-electron chi connectivity index (χ3n) is 3.06. The molecule has 1 aromatic heterocycles. The summed E-state index contributed by atoms with van der Waals surface area (Å²) in [6, 6.07) is 4.10. The number of hydrogen-bond acceptors (Lipinski definition) is 3. The molecule has 0 atom stereocenters. The topological polar surface area (TPSA) is 44.1 Å². The summed E-state index contributed by atoms with van der Waals surface area (Å²) in [5.41, 5.74) is 2.02. The summed E-state index contributed by atoms with van der Waals surface area (Å²) in [5, 5.41) is 4.24. The predicted molar refractivity (Wildman–Crippen MR) is 76.6 cm³/mol. The Labute approximate surface area is 124 Å². The Balaban J connectivity index is 2.28. The maximum atomic E-state index is 13.3. The van der Waals surface area contributed by atoms with E-state index in [0.29, 0.717) is 5.56 Å². The third-order valence-corrected chi connectivity index (χ3v) is 4.09. The summed E-state index contributed by atoms with van der Waals surface area (Å²) in [6.07, 6.45) is 0.187. The van der Waals surface area contributed by atoms with E-state index in [4.69, 9.17) is 4.74 Å². The first-order chi connectivity index (χ1) is 9.43. The molecular weight excluding hydrogens is 327 g/mol. The number of ketones is 1. The lowest BCUT2D eigenvalue weighted by Crippen LogP contribution is -2.09. The van der Waals surface area contributed by atoms with Crippen LogP contribution in [0.5, 0.6) is 5.75 Å². The highest BCUT2D eigenvalue weighted by atomic mass is 79.9. The van der Waals surface area contributed by atoms with Crippen LogP contribution >= 0.6 is 15.9 Å². The highest BCUT2D eigenvalue weighted by Crippen LogP contribution is 2.23. The van der Waals surface area contributed by atoms with Crippen molar-refractivity contribution in [2.45, 2.75) is 13.3 Å². The minimum atomic E-state index is -0.485. The highest BCUT2D eigenvalue weighted by molar-refractivity contribution is 9.10. The van der Waals surface area contributed by atoms with Crippen LogP contribution in [-0.2, 0) is 13.5 Å². The number of carbonyl (C=O) groups is 1. The summed E-state index contributed by atoms with van der Waals surface area (Å²) < 4.78 is 20.7. The van der Waals surface area contributed by atoms with Crippen molar-refractivity contribution >= 4 is 21.7 Å². The van der Waals surface area contributed by atoms with Crippen LogP contribution in [0.25, 0.3) is 0 Å². The summed E-state index contributed by atoms with van der Waals surface area (Å²) >= 11 is 3.42. The van der Waals surface area contributed by atoms with Gasteiger partial charge in [0.1, 0.15) is 0 Å². The Kier molecular flexibility index (Phi) is 4.23. The number of halogens is 2. The first kappa shape index (κ1) is 14.7. The summed E-state index contributed by atoms with van der Waals surface area (Å²) in [5.74, 6) is -0.537. The van der Waals surface area contributed by atoms with Gasteiger partial charge in [0.25, 0.3) is 0 Å². The molecule has 0 unspecified atom stereocenters. The molecule has 20 heavy (non-hydrogen) atoms. The first-order valence-electron chi connectivity index (χ1n) is 5.98. The van der Waals surface area contributed by atoms with Crippen LogP contribution < -0.4 is 4.74 Å². The number of aryl methyl sites for hydroxylation is 2. The Bertz CT molecular complexity index is 667. The van der Waals surface area contributed by atoms with Gasteiger partial charge in [-0.25, -0.2) is 4.39 Å². The molecule has 0 amide bonds. The van der Waals surface area contributed by atoms with Gasteiger partial charge in [0.2, 0.25) is 0 Å². The number of methoxy groups -OCH3 is 1. The minimum Gasteiger partial charge on any atom is -0.494 e. The third kappa shape index (κ3) is 2.75. The quantitative estimate of drug-likeness (QED) is 0.803. The van der Waals surface area contributed by atoms with Crippen LogP contribution in [0.1, 0.15) is 21.7 Å². The number of carbonyl (C=O) groups excluding carboxylic acids is 1. The molecule has 2 aromatic rings. The van der Waals surface area contributed by atoms with Gasteiger partial charge < -0.3 is 4.74 Å². The lowest BCUT2D eigenvalue weighted by molar-refractivity contribution is 0.0990. The van der Waals surface area contributed by atoms with E-state index >= 15 is 0 Å². The Morgan fingerprint density at radius 2 is 2.20 bits per heavy atom. The van der Waals surface area contributed by atoms with E-state index in [1.807, 2.05) is 6.92 Å². The Morgan fingerprint density at radius 3 is 2.75 bits per heavy atom. The second kappa shape index (κ2) is 5.75. The van der Waals surface area contributed by atoms with E-state index in [9.17, 15) is 9.18 Å². The van der Waals surface area contributed by atoms with Crippen molar-refractivity contribution in [3.63, 3.8) is 0 Å². The van der Waals surface area contributed by atoms with Gasteiger partial charge in [-0.3, -0.25) is 9.48 Å². The predicted octanol–water partition coefficient (Wildman–Crippen LogP) is 3.06. The zero-order chi connectivity index (χ0) is 14.9. The molecule has 0 bridgehead atoms. The van der Waals surface area contributed by atoms with Gasteiger partial charge in [-0.05, 0) is 41.1 Å². The molecule has 0 saturated heterocycles. The number of rotatable bonds is 4. The molecule has 0 spiro atoms. The normalized spacial score (nSPS) is 10.7. The van der Waals surface area contributed by atoms with Crippen LogP contribution in [0, 0.1) is 12.7 Å². The lowest BCUT2D eigenvalue weighted by atomic mass is 10.1. The number of nitrogens with zero attached hydrogens (tertiary/aromatic N) is 2. The summed E-state index contributed by atoms with van der Waals surface area (Å²) in [7, 11) is 3.15. The minimum absolute atomic E-state index is 0.0658. The van der Waals surface area contributed by atoms with Crippen molar-refractivity contribution in [3.05, 3.63) is 45.4 Å². The van der Waals surface area contributed by atoms with Crippen molar-refractivity contribution in [1.29, 1.82) is 0 Å². The van der Waals surface area contributed by atoms with Gasteiger partial charge in [0, 0.05) is 12.6 Å². The number of aromatic nitrogens is 2. The second-order valence-corrected chi connectivity index (χ2v) is 5.21. The number of Topliss-reactive ketones (excluding diaryl/α,β-unsaturated/α-hetero) is 1. The van der Waals surface area contributed by atoms with Gasteiger partial charge in [0.15, 0.2) is 17.3 Å². The van der Waals surface area contributed by atoms with E-state index in [0.717, 1.165) is 15.9 Å². The summed E-state index contributed by atoms with van der Waals surface area (Å²) in [4.78, 5) is 12.3. The smallest absolute Gasteiger partial charge is 0.168 e. The van der Waals surface area contributed by atoms with Gasteiger partial charge in [0.05, 0.1) is 29.4 Å². The molecule has 0 saturated carbocycles. The van der Waals surface area contributed by atoms with Gasteiger partial charge in [-0.1, -0.05) is 0 Å². The molecule has 6 heteroatoms. The molecule has 106 valence electrons. The summed E-state index contributed by atoms with van der Waals surface area (Å²) in [6.45, 7) is 1.86.